The molecule has 0 saturated carbocycles. The second-order valence-electron chi connectivity index (χ2n) is 6.67. The van der Waals surface area contributed by atoms with Crippen LogP contribution in [-0.2, 0) is 11.3 Å². The van der Waals surface area contributed by atoms with Crippen molar-refractivity contribution in [3.8, 4) is 0 Å². The van der Waals surface area contributed by atoms with Gasteiger partial charge in [-0.2, -0.15) is 13.2 Å². The van der Waals surface area contributed by atoms with Gasteiger partial charge in [-0.25, -0.2) is 14.8 Å². The Morgan fingerprint density at radius 3 is 2.48 bits per heavy atom. The van der Waals surface area contributed by atoms with Crippen molar-refractivity contribution in [1.29, 1.82) is 0 Å². The van der Waals surface area contributed by atoms with E-state index in [1.807, 2.05) is 31.1 Å². The molecule has 1 atom stereocenters. The molecule has 1 unspecified atom stereocenters. The quantitative estimate of drug-likeness (QED) is 0.821. The summed E-state index contributed by atoms with van der Waals surface area (Å²) in [6, 6.07) is 0.257. The van der Waals surface area contributed by atoms with E-state index in [1.54, 1.807) is 0 Å². The van der Waals surface area contributed by atoms with E-state index in [0.717, 1.165) is 38.2 Å². The molecule has 1 saturated heterocycles. The lowest BCUT2D eigenvalue weighted by Gasteiger charge is -2.35. The van der Waals surface area contributed by atoms with Crippen molar-refractivity contribution in [2.75, 3.05) is 6.54 Å². The predicted octanol–water partition coefficient (Wildman–Crippen LogP) is 3.21. The van der Waals surface area contributed by atoms with Gasteiger partial charge in [-0.3, -0.25) is 4.79 Å². The number of oxazole rings is 1. The summed E-state index contributed by atoms with van der Waals surface area (Å²) in [4.78, 5) is 31.8. The summed E-state index contributed by atoms with van der Waals surface area (Å²) < 4.78 is 39.2. The van der Waals surface area contributed by atoms with E-state index in [9.17, 15) is 18.0 Å². The van der Waals surface area contributed by atoms with E-state index >= 15 is 0 Å². The Hall–Kier alpha value is -2.85. The standard InChI is InChI=1S/C16H22N4O2.C2HF3O2/c1-12-15(22-11-18-12)16(21)20-8-4-3-5-14(20)6-9-19-10-7-17-13(19)2;3-2(4,5)1(6)7/h7,10-11,14H,3-6,8-9H2,1-2H3;(H,6,7). The molecule has 29 heavy (non-hydrogen) atoms. The zero-order valence-electron chi connectivity index (χ0n) is 16.1. The van der Waals surface area contributed by atoms with Crippen molar-refractivity contribution in [3.63, 3.8) is 0 Å². The lowest BCUT2D eigenvalue weighted by atomic mass is 9.98. The number of aromatic nitrogens is 3. The minimum atomic E-state index is -5.08. The molecule has 11 heteroatoms. The highest BCUT2D eigenvalue weighted by Crippen LogP contribution is 2.23. The Morgan fingerprint density at radius 2 is 1.97 bits per heavy atom. The van der Waals surface area contributed by atoms with Crippen LogP contribution in [-0.4, -0.2) is 55.2 Å². The van der Waals surface area contributed by atoms with Crippen LogP contribution >= 0.6 is 0 Å². The first kappa shape index (κ1) is 22.4. The number of hydrogen-bond donors (Lipinski definition) is 1. The van der Waals surface area contributed by atoms with Crippen molar-refractivity contribution in [2.45, 2.75) is 58.3 Å². The minimum absolute atomic E-state index is 0.0259. The number of carbonyl (C=O) groups excluding carboxylic acids is 1. The van der Waals surface area contributed by atoms with Gasteiger partial charge in [0.25, 0.3) is 5.91 Å². The van der Waals surface area contributed by atoms with Gasteiger partial charge in [-0.15, -0.1) is 0 Å². The van der Waals surface area contributed by atoms with Crippen LogP contribution in [0.1, 0.15) is 47.8 Å². The largest absolute Gasteiger partial charge is 0.490 e. The summed E-state index contributed by atoms with van der Waals surface area (Å²) in [6.45, 7) is 5.49. The van der Waals surface area contributed by atoms with Crippen LogP contribution < -0.4 is 0 Å². The molecule has 1 amide bonds. The van der Waals surface area contributed by atoms with Gasteiger partial charge in [-0.1, -0.05) is 0 Å². The molecule has 0 bridgehead atoms. The summed E-state index contributed by atoms with van der Waals surface area (Å²) in [7, 11) is 0. The van der Waals surface area contributed by atoms with Crippen LogP contribution in [0.2, 0.25) is 0 Å². The Kier molecular flexibility index (Phi) is 7.40. The van der Waals surface area contributed by atoms with E-state index in [2.05, 4.69) is 14.5 Å². The first-order chi connectivity index (χ1) is 13.6. The Morgan fingerprint density at radius 1 is 1.28 bits per heavy atom. The number of carbonyl (C=O) groups is 2. The van der Waals surface area contributed by atoms with Crippen LogP contribution in [0.5, 0.6) is 0 Å². The first-order valence-electron chi connectivity index (χ1n) is 9.10. The van der Waals surface area contributed by atoms with E-state index in [1.165, 1.54) is 12.8 Å². The van der Waals surface area contributed by atoms with Crippen molar-refractivity contribution in [2.24, 2.45) is 0 Å². The van der Waals surface area contributed by atoms with Gasteiger partial charge in [-0.05, 0) is 39.5 Å². The third-order valence-corrected chi connectivity index (χ3v) is 4.70. The normalized spacial score (nSPS) is 16.9. The van der Waals surface area contributed by atoms with Crippen molar-refractivity contribution < 1.29 is 32.3 Å². The number of amides is 1. The summed E-state index contributed by atoms with van der Waals surface area (Å²) in [5.74, 6) is -1.39. The van der Waals surface area contributed by atoms with Gasteiger partial charge in [0.2, 0.25) is 5.76 Å². The average Bonchev–Trinajstić information content (AvgIpc) is 3.27. The molecule has 8 nitrogen and oxygen atoms in total. The zero-order valence-corrected chi connectivity index (χ0v) is 16.1. The molecule has 0 radical (unpaired) electrons. The number of halogens is 3. The number of nitrogens with zero attached hydrogens (tertiary/aromatic N) is 4. The average molecular weight is 416 g/mol. The number of piperidine rings is 1. The summed E-state index contributed by atoms with van der Waals surface area (Å²) in [5.41, 5.74) is 0.666. The predicted molar refractivity (Wildman–Crippen MR) is 95.2 cm³/mol. The highest BCUT2D eigenvalue weighted by Gasteiger charge is 2.38. The zero-order chi connectivity index (χ0) is 21.6. The maximum absolute atomic E-state index is 12.7. The van der Waals surface area contributed by atoms with Crippen molar-refractivity contribution in [3.05, 3.63) is 36.1 Å². The fourth-order valence-corrected chi connectivity index (χ4v) is 3.13. The van der Waals surface area contributed by atoms with Crippen molar-refractivity contribution >= 4 is 11.9 Å². The summed E-state index contributed by atoms with van der Waals surface area (Å²) >= 11 is 0. The number of alkyl halides is 3. The number of carboxylic acids is 1. The number of likely N-dealkylation sites (tertiary alicyclic amines) is 1. The molecule has 160 valence electrons. The van der Waals surface area contributed by atoms with E-state index in [-0.39, 0.29) is 11.9 Å². The van der Waals surface area contributed by atoms with Crippen LogP contribution in [0.15, 0.2) is 23.2 Å². The molecule has 0 spiro atoms. The van der Waals surface area contributed by atoms with Crippen molar-refractivity contribution in [1.82, 2.24) is 19.4 Å². The molecule has 2 aromatic rings. The Bertz CT molecular complexity index is 831. The van der Waals surface area contributed by atoms with Crippen LogP contribution in [0, 0.1) is 13.8 Å². The maximum Gasteiger partial charge on any atom is 0.490 e. The molecule has 2 aromatic heterocycles. The monoisotopic (exact) mass is 416 g/mol. The smallest absolute Gasteiger partial charge is 0.475 e. The van der Waals surface area contributed by atoms with Gasteiger partial charge >= 0.3 is 12.1 Å². The second-order valence-corrected chi connectivity index (χ2v) is 6.67. The maximum atomic E-state index is 12.7. The third kappa shape index (κ3) is 6.06. The number of rotatable bonds is 4. The molecule has 1 aliphatic heterocycles. The lowest BCUT2D eigenvalue weighted by Crippen LogP contribution is -2.44. The number of imidazole rings is 1. The number of hydrogen-bond acceptors (Lipinski definition) is 5. The second kappa shape index (κ2) is 9.57. The van der Waals surface area contributed by atoms with E-state index in [4.69, 9.17) is 14.3 Å². The molecule has 0 aromatic carbocycles. The highest BCUT2D eigenvalue weighted by atomic mass is 19.4. The highest BCUT2D eigenvalue weighted by molar-refractivity contribution is 5.92. The molecule has 3 heterocycles. The summed E-state index contributed by atoms with van der Waals surface area (Å²) in [6.07, 6.45) is 4.29. The first-order valence-corrected chi connectivity index (χ1v) is 9.10. The lowest BCUT2D eigenvalue weighted by molar-refractivity contribution is -0.192. The molecule has 3 rings (SSSR count). The molecule has 1 aliphatic rings. The van der Waals surface area contributed by atoms with Gasteiger partial charge in [0.1, 0.15) is 5.82 Å². The number of aryl methyl sites for hydroxylation is 3. The SMILES string of the molecule is Cc1ncoc1C(=O)N1CCCCC1CCn1ccnc1C.O=C(O)C(F)(F)F. The van der Waals surface area contributed by atoms with Gasteiger partial charge in [0.15, 0.2) is 6.39 Å². The fourth-order valence-electron chi connectivity index (χ4n) is 3.13. The van der Waals surface area contributed by atoms with E-state index in [0.29, 0.717) is 11.5 Å². The van der Waals surface area contributed by atoms with Crippen LogP contribution in [0.25, 0.3) is 0 Å². The van der Waals surface area contributed by atoms with Gasteiger partial charge < -0.3 is 19.0 Å². The van der Waals surface area contributed by atoms with Crippen LogP contribution in [0.4, 0.5) is 13.2 Å². The molecule has 1 fully saturated rings. The van der Waals surface area contributed by atoms with Gasteiger partial charge in [0, 0.05) is 31.5 Å². The van der Waals surface area contributed by atoms with E-state index < -0.39 is 12.1 Å². The summed E-state index contributed by atoms with van der Waals surface area (Å²) in [5, 5.41) is 7.12. The molecular weight excluding hydrogens is 393 g/mol. The minimum Gasteiger partial charge on any atom is -0.475 e. The number of carboxylic acid groups (broad SMARTS) is 1. The topological polar surface area (TPSA) is 101 Å². The molecule has 1 N–H and O–H groups in total. The molecule has 0 aliphatic carbocycles. The van der Waals surface area contributed by atoms with Crippen LogP contribution in [0.3, 0.4) is 0 Å². The Balaban J connectivity index is 0.000000370. The van der Waals surface area contributed by atoms with Gasteiger partial charge in [0.05, 0.1) is 5.69 Å². The third-order valence-electron chi connectivity index (χ3n) is 4.70. The molecular formula is C18H23F3N4O4. The Labute approximate surface area is 165 Å². The number of aliphatic carboxylic acids is 1. The fraction of sp³-hybridized carbons (Fsp3) is 0.556.